The van der Waals surface area contributed by atoms with Crippen molar-refractivity contribution in [3.05, 3.63) is 27.7 Å². The van der Waals surface area contributed by atoms with Gasteiger partial charge in [0, 0.05) is 31.1 Å². The SMILES string of the molecule is CC(=O)O[C@H]1Cc2cc(O)c(Br)cc2[C@H]2CC[C@]3(C)C(=O)CC[C@H]3[C@H]12. The lowest BCUT2D eigenvalue weighted by atomic mass is 9.55. The van der Waals surface area contributed by atoms with Crippen molar-refractivity contribution in [1.29, 1.82) is 0 Å². The minimum absolute atomic E-state index is 0.179. The van der Waals surface area contributed by atoms with Crippen LogP contribution in [0.25, 0.3) is 0 Å². The number of esters is 1. The molecule has 1 aromatic carbocycles. The molecule has 1 N–H and O–H groups in total. The van der Waals surface area contributed by atoms with Crippen LogP contribution in [-0.4, -0.2) is 23.0 Å². The standard InChI is InChI=1S/C20H23BrO4/c1-10(22)25-17-8-11-7-16(23)15(21)9-13(11)12-5-6-20(2)14(19(12)17)3-4-18(20)24/h7,9,12,14,17,19,23H,3-6,8H2,1-2H3/t12-,14+,17+,19-,20+/m1/s1. The van der Waals surface area contributed by atoms with E-state index < -0.39 is 0 Å². The Kier molecular flexibility index (Phi) is 3.98. The molecule has 1 aromatic rings. The quantitative estimate of drug-likeness (QED) is 0.712. The molecule has 0 amide bonds. The van der Waals surface area contributed by atoms with Crippen molar-refractivity contribution in [1.82, 2.24) is 0 Å². The lowest BCUT2D eigenvalue weighted by molar-refractivity contribution is -0.155. The molecule has 0 unspecified atom stereocenters. The molecule has 0 bridgehead atoms. The fraction of sp³-hybridized carbons (Fsp3) is 0.600. The number of Topliss-reactive ketones (excluding diaryl/α,β-unsaturated/α-hetero) is 1. The van der Waals surface area contributed by atoms with E-state index >= 15 is 0 Å². The van der Waals surface area contributed by atoms with E-state index in [9.17, 15) is 14.7 Å². The first-order valence-electron chi connectivity index (χ1n) is 9.03. The zero-order chi connectivity index (χ0) is 17.9. The monoisotopic (exact) mass is 406 g/mol. The Bertz CT molecular complexity index is 758. The number of halogens is 1. The first-order chi connectivity index (χ1) is 11.8. The fourth-order valence-corrected chi connectivity index (χ4v) is 6.04. The summed E-state index contributed by atoms with van der Waals surface area (Å²) in [5.74, 6) is 1.03. The van der Waals surface area contributed by atoms with Crippen LogP contribution in [0.4, 0.5) is 0 Å². The van der Waals surface area contributed by atoms with Crippen LogP contribution in [0.1, 0.15) is 56.6 Å². The number of ketones is 1. The van der Waals surface area contributed by atoms with Crippen molar-refractivity contribution in [2.24, 2.45) is 17.3 Å². The van der Waals surface area contributed by atoms with Gasteiger partial charge in [0.15, 0.2) is 0 Å². The highest BCUT2D eigenvalue weighted by atomic mass is 79.9. The van der Waals surface area contributed by atoms with Gasteiger partial charge in [-0.25, -0.2) is 0 Å². The summed E-state index contributed by atoms with van der Waals surface area (Å²) in [7, 11) is 0. The summed E-state index contributed by atoms with van der Waals surface area (Å²) < 4.78 is 6.43. The molecule has 4 rings (SSSR count). The van der Waals surface area contributed by atoms with Crippen molar-refractivity contribution in [2.45, 2.75) is 58.0 Å². The molecule has 5 atom stereocenters. The Morgan fingerprint density at radius 1 is 1.36 bits per heavy atom. The molecule has 3 aliphatic rings. The van der Waals surface area contributed by atoms with Gasteiger partial charge in [0.05, 0.1) is 4.47 Å². The normalized spacial score (nSPS) is 36.4. The first-order valence-corrected chi connectivity index (χ1v) is 9.82. The maximum absolute atomic E-state index is 12.5. The Hall–Kier alpha value is -1.36. The maximum Gasteiger partial charge on any atom is 0.302 e. The van der Waals surface area contributed by atoms with E-state index in [2.05, 4.69) is 22.9 Å². The average Bonchev–Trinajstić information content (AvgIpc) is 2.84. The number of rotatable bonds is 1. The van der Waals surface area contributed by atoms with Gasteiger partial charge < -0.3 is 9.84 Å². The van der Waals surface area contributed by atoms with Gasteiger partial charge in [-0.1, -0.05) is 6.92 Å². The van der Waals surface area contributed by atoms with Crippen molar-refractivity contribution in [3.63, 3.8) is 0 Å². The second-order valence-corrected chi connectivity index (χ2v) is 8.92. The number of hydrogen-bond donors (Lipinski definition) is 1. The largest absolute Gasteiger partial charge is 0.507 e. The maximum atomic E-state index is 12.5. The summed E-state index contributed by atoms with van der Waals surface area (Å²) in [4.78, 5) is 24.2. The van der Waals surface area contributed by atoms with Crippen LogP contribution in [0.5, 0.6) is 5.75 Å². The number of aromatic hydroxyl groups is 1. The van der Waals surface area contributed by atoms with Gasteiger partial charge in [-0.2, -0.15) is 0 Å². The van der Waals surface area contributed by atoms with Crippen LogP contribution in [0.3, 0.4) is 0 Å². The zero-order valence-corrected chi connectivity index (χ0v) is 16.1. The lowest BCUT2D eigenvalue weighted by Crippen LogP contribution is -2.49. The fourth-order valence-electron chi connectivity index (χ4n) is 5.68. The third-order valence-corrected chi connectivity index (χ3v) is 7.45. The lowest BCUT2D eigenvalue weighted by Gasteiger charge is -2.50. The van der Waals surface area contributed by atoms with E-state index in [-0.39, 0.29) is 41.0 Å². The third-order valence-electron chi connectivity index (χ3n) is 6.82. The molecule has 0 heterocycles. The van der Waals surface area contributed by atoms with E-state index in [4.69, 9.17) is 4.74 Å². The van der Waals surface area contributed by atoms with Gasteiger partial charge in [0.1, 0.15) is 17.6 Å². The van der Waals surface area contributed by atoms with E-state index in [1.807, 2.05) is 6.07 Å². The molecule has 2 saturated carbocycles. The summed E-state index contributed by atoms with van der Waals surface area (Å²) in [5.41, 5.74) is 2.02. The molecule has 134 valence electrons. The average molecular weight is 407 g/mol. The third kappa shape index (κ3) is 2.54. The number of phenols is 1. The van der Waals surface area contributed by atoms with E-state index in [0.717, 1.165) is 24.8 Å². The molecule has 0 radical (unpaired) electrons. The molecule has 0 saturated heterocycles. The minimum atomic E-state index is -0.273. The number of carbonyl (C=O) groups excluding carboxylic acids is 2. The van der Waals surface area contributed by atoms with Crippen LogP contribution in [-0.2, 0) is 20.7 Å². The molecule has 25 heavy (non-hydrogen) atoms. The van der Waals surface area contributed by atoms with Crippen molar-refractivity contribution in [2.75, 3.05) is 0 Å². The molecular formula is C20H23BrO4. The second-order valence-electron chi connectivity index (χ2n) is 8.06. The van der Waals surface area contributed by atoms with E-state index in [0.29, 0.717) is 23.1 Å². The van der Waals surface area contributed by atoms with Gasteiger partial charge in [-0.15, -0.1) is 0 Å². The van der Waals surface area contributed by atoms with E-state index in [1.54, 1.807) is 6.07 Å². The van der Waals surface area contributed by atoms with Crippen molar-refractivity contribution >= 4 is 27.7 Å². The van der Waals surface area contributed by atoms with Crippen LogP contribution in [0.2, 0.25) is 0 Å². The zero-order valence-electron chi connectivity index (χ0n) is 14.5. The van der Waals surface area contributed by atoms with Gasteiger partial charge in [-0.3, -0.25) is 9.59 Å². The highest BCUT2D eigenvalue weighted by molar-refractivity contribution is 9.10. The topological polar surface area (TPSA) is 63.6 Å². The van der Waals surface area contributed by atoms with Crippen LogP contribution >= 0.6 is 15.9 Å². The summed E-state index contributed by atoms with van der Waals surface area (Å²) in [5, 5.41) is 10.1. The number of fused-ring (bicyclic) bond motifs is 5. The number of benzene rings is 1. The molecule has 0 aliphatic heterocycles. The molecule has 0 spiro atoms. The molecule has 3 aliphatic carbocycles. The minimum Gasteiger partial charge on any atom is -0.507 e. The Balaban J connectivity index is 1.81. The predicted octanol–water partition coefficient (Wildman–Crippen LogP) is 4.12. The Morgan fingerprint density at radius 3 is 2.84 bits per heavy atom. The van der Waals surface area contributed by atoms with Crippen molar-refractivity contribution < 1.29 is 19.4 Å². The molecule has 0 aromatic heterocycles. The Morgan fingerprint density at radius 2 is 2.12 bits per heavy atom. The van der Waals surface area contributed by atoms with Crippen molar-refractivity contribution in [3.8, 4) is 5.75 Å². The highest BCUT2D eigenvalue weighted by Gasteiger charge is 2.57. The number of phenolic OH excluding ortho intramolecular Hbond substituents is 1. The second kappa shape index (κ2) is 5.83. The van der Waals surface area contributed by atoms with Gasteiger partial charge in [0.2, 0.25) is 0 Å². The number of hydrogen-bond acceptors (Lipinski definition) is 4. The molecular weight excluding hydrogens is 384 g/mol. The summed E-state index contributed by atoms with van der Waals surface area (Å²) in [6.07, 6.45) is 3.74. The highest BCUT2D eigenvalue weighted by Crippen LogP contribution is 2.60. The van der Waals surface area contributed by atoms with Crippen LogP contribution in [0, 0.1) is 17.3 Å². The molecule has 4 nitrogen and oxygen atoms in total. The van der Waals surface area contributed by atoms with Gasteiger partial charge >= 0.3 is 5.97 Å². The smallest absolute Gasteiger partial charge is 0.302 e. The van der Waals surface area contributed by atoms with E-state index in [1.165, 1.54) is 12.5 Å². The van der Waals surface area contributed by atoms with Gasteiger partial charge in [0.25, 0.3) is 0 Å². The summed E-state index contributed by atoms with van der Waals surface area (Å²) in [6, 6.07) is 3.81. The number of ether oxygens (including phenoxy) is 1. The molecule has 5 heteroatoms. The first kappa shape index (κ1) is 17.1. The summed E-state index contributed by atoms with van der Waals surface area (Å²) >= 11 is 3.43. The number of carbonyl (C=O) groups is 2. The van der Waals surface area contributed by atoms with Crippen LogP contribution < -0.4 is 0 Å². The Labute approximate surface area is 156 Å². The predicted molar refractivity (Wildman–Crippen MR) is 96.4 cm³/mol. The molecule has 2 fully saturated rings. The van der Waals surface area contributed by atoms with Gasteiger partial charge in [-0.05, 0) is 70.3 Å². The van der Waals surface area contributed by atoms with Crippen LogP contribution in [0.15, 0.2) is 16.6 Å². The summed E-state index contributed by atoms with van der Waals surface area (Å²) in [6.45, 7) is 3.56.